The van der Waals surface area contributed by atoms with Gasteiger partial charge >= 0.3 is 5.97 Å². The zero-order valence-electron chi connectivity index (χ0n) is 25.4. The van der Waals surface area contributed by atoms with Gasteiger partial charge in [0.2, 0.25) is 11.8 Å². The highest BCUT2D eigenvalue weighted by Gasteiger charge is 2.25. The molecule has 0 saturated carbocycles. The summed E-state index contributed by atoms with van der Waals surface area (Å²) in [6.45, 7) is 0.316. The lowest BCUT2D eigenvalue weighted by Gasteiger charge is -2.23. The molecular weight excluding hydrogens is 588 g/mol. The quantitative estimate of drug-likeness (QED) is 0.180. The number of esters is 1. The highest BCUT2D eigenvalue weighted by Crippen LogP contribution is 2.18. The topological polar surface area (TPSA) is 114 Å². The van der Waals surface area contributed by atoms with E-state index in [4.69, 9.17) is 9.47 Å². The highest BCUT2D eigenvalue weighted by atomic mass is 32.2. The molecule has 3 atom stereocenters. The molecule has 3 aromatic carbocycles. The van der Waals surface area contributed by atoms with Crippen LogP contribution in [0, 0.1) is 5.92 Å². The second-order valence-corrected chi connectivity index (χ2v) is 12.1. The van der Waals surface area contributed by atoms with Crippen LogP contribution in [0.2, 0.25) is 0 Å². The number of thioether (sulfide) groups is 1. The number of aliphatic hydroxyl groups is 1. The summed E-state index contributed by atoms with van der Waals surface area (Å²) in [5, 5.41) is 15.9. The number of carbonyl (C=O) groups is 3. The number of benzene rings is 3. The largest absolute Gasteiger partial charge is 0.489 e. The van der Waals surface area contributed by atoms with Gasteiger partial charge in [-0.05, 0) is 48.1 Å². The number of hydrogen-bond donors (Lipinski definition) is 3. The molecule has 2 amide bonds. The van der Waals surface area contributed by atoms with E-state index in [9.17, 15) is 19.5 Å². The van der Waals surface area contributed by atoms with Crippen molar-refractivity contribution in [1.29, 1.82) is 0 Å². The summed E-state index contributed by atoms with van der Waals surface area (Å²) >= 11 is 1.65. The van der Waals surface area contributed by atoms with E-state index in [-0.39, 0.29) is 49.9 Å². The molecule has 45 heavy (non-hydrogen) atoms. The molecule has 0 aliphatic carbocycles. The maximum Gasteiger partial charge on any atom is 0.306 e. The Balaban J connectivity index is 1.30. The van der Waals surface area contributed by atoms with Gasteiger partial charge in [-0.15, -0.1) is 0 Å². The summed E-state index contributed by atoms with van der Waals surface area (Å²) in [5.41, 5.74) is 3.19. The summed E-state index contributed by atoms with van der Waals surface area (Å²) in [6.07, 6.45) is 5.24. The number of amides is 2. The molecule has 0 aromatic heterocycles. The van der Waals surface area contributed by atoms with Gasteiger partial charge in [0.15, 0.2) is 0 Å². The zero-order valence-corrected chi connectivity index (χ0v) is 26.3. The molecular formula is C36H42N2O6S. The summed E-state index contributed by atoms with van der Waals surface area (Å²) in [6, 6.07) is 26.7. The van der Waals surface area contributed by atoms with Crippen LogP contribution < -0.4 is 15.4 Å². The average Bonchev–Trinajstić information content (AvgIpc) is 3.06. The molecule has 1 heterocycles. The van der Waals surface area contributed by atoms with Gasteiger partial charge in [-0.25, -0.2) is 0 Å². The van der Waals surface area contributed by atoms with Crippen LogP contribution in [-0.4, -0.2) is 53.9 Å². The number of allylic oxidation sites excluding steroid dienone is 2. The molecule has 1 aliphatic rings. The smallest absolute Gasteiger partial charge is 0.306 e. The van der Waals surface area contributed by atoms with Gasteiger partial charge in [-0.2, -0.15) is 11.8 Å². The highest BCUT2D eigenvalue weighted by molar-refractivity contribution is 7.98. The van der Waals surface area contributed by atoms with Crippen molar-refractivity contribution in [3.63, 3.8) is 0 Å². The number of hydrogen-bond acceptors (Lipinski definition) is 7. The summed E-state index contributed by atoms with van der Waals surface area (Å²) in [7, 11) is 0. The van der Waals surface area contributed by atoms with Gasteiger partial charge in [-0.1, -0.05) is 84.9 Å². The maximum atomic E-state index is 13.4. The first-order valence-electron chi connectivity index (χ1n) is 15.4. The molecule has 0 spiro atoms. The molecule has 3 N–H and O–H groups in total. The summed E-state index contributed by atoms with van der Waals surface area (Å²) in [5.74, 6) is 0.599. The fraction of sp³-hybridized carbons (Fsp3) is 0.361. The third kappa shape index (κ3) is 12.4. The first-order chi connectivity index (χ1) is 22.0. The van der Waals surface area contributed by atoms with Crippen LogP contribution >= 0.6 is 11.8 Å². The van der Waals surface area contributed by atoms with Crippen LogP contribution in [0.1, 0.15) is 42.4 Å². The minimum absolute atomic E-state index is 0.0252. The van der Waals surface area contributed by atoms with E-state index in [0.29, 0.717) is 31.6 Å². The second-order valence-electron chi connectivity index (χ2n) is 11.1. The lowest BCUT2D eigenvalue weighted by molar-refractivity contribution is -0.145. The van der Waals surface area contributed by atoms with E-state index in [1.807, 2.05) is 97.1 Å². The van der Waals surface area contributed by atoms with Crippen LogP contribution in [-0.2, 0) is 37.9 Å². The first kappa shape index (κ1) is 33.8. The lowest BCUT2D eigenvalue weighted by atomic mass is 9.98. The van der Waals surface area contributed by atoms with Crippen LogP contribution in [0.3, 0.4) is 0 Å². The Hall–Kier alpha value is -4.08. The van der Waals surface area contributed by atoms with Gasteiger partial charge in [-0.3, -0.25) is 14.4 Å². The van der Waals surface area contributed by atoms with Crippen LogP contribution in [0.4, 0.5) is 0 Å². The Morgan fingerprint density at radius 1 is 0.956 bits per heavy atom. The van der Waals surface area contributed by atoms with Crippen molar-refractivity contribution in [3.8, 4) is 5.75 Å². The number of rotatable bonds is 13. The number of cyclic esters (lactones) is 1. The molecule has 1 aliphatic heterocycles. The van der Waals surface area contributed by atoms with E-state index in [0.717, 1.165) is 22.6 Å². The molecule has 9 heteroatoms. The fourth-order valence-electron chi connectivity index (χ4n) is 4.89. The second kappa shape index (κ2) is 18.7. The molecule has 0 radical (unpaired) electrons. The first-order valence-corrected chi connectivity index (χ1v) is 16.5. The van der Waals surface area contributed by atoms with Crippen LogP contribution in [0.5, 0.6) is 5.75 Å². The van der Waals surface area contributed by atoms with Crippen molar-refractivity contribution in [2.45, 2.75) is 56.5 Å². The molecule has 4 rings (SSSR count). The molecule has 0 fully saturated rings. The van der Waals surface area contributed by atoms with E-state index < -0.39 is 12.0 Å². The van der Waals surface area contributed by atoms with E-state index in [1.165, 1.54) is 5.56 Å². The number of nitrogens with one attached hydrogen (secondary N) is 2. The normalized spacial score (nSPS) is 18.1. The number of carbonyl (C=O) groups excluding carboxylic acids is 3. The van der Waals surface area contributed by atoms with Crippen molar-refractivity contribution < 1.29 is 29.0 Å². The number of aliphatic hydroxyl groups excluding tert-OH is 1. The molecule has 8 nitrogen and oxygen atoms in total. The van der Waals surface area contributed by atoms with Crippen molar-refractivity contribution >= 4 is 29.5 Å². The van der Waals surface area contributed by atoms with Crippen LogP contribution in [0.15, 0.2) is 97.1 Å². The summed E-state index contributed by atoms with van der Waals surface area (Å²) < 4.78 is 11.3. The number of ether oxygens (including phenoxy) is 2. The minimum Gasteiger partial charge on any atom is -0.489 e. The van der Waals surface area contributed by atoms with Crippen molar-refractivity contribution in [1.82, 2.24) is 10.6 Å². The molecule has 238 valence electrons. The van der Waals surface area contributed by atoms with Crippen molar-refractivity contribution in [2.75, 3.05) is 19.0 Å². The third-order valence-corrected chi connectivity index (χ3v) is 8.54. The van der Waals surface area contributed by atoms with Crippen molar-refractivity contribution in [3.05, 3.63) is 114 Å². The average molecular weight is 631 g/mol. The fourth-order valence-corrected chi connectivity index (χ4v) is 5.90. The van der Waals surface area contributed by atoms with Crippen molar-refractivity contribution in [2.24, 2.45) is 5.92 Å². The summed E-state index contributed by atoms with van der Waals surface area (Å²) in [4.78, 5) is 38.6. The van der Waals surface area contributed by atoms with Gasteiger partial charge < -0.3 is 25.2 Å². The molecule has 0 bridgehead atoms. The maximum absolute atomic E-state index is 13.4. The standard InChI is InChI=1S/C36H42N2O6S/c39-22-31(20-27-16-18-33(19-17-27)43-23-28-10-4-1-5-11-28)37-34(40)21-30-14-8-3-9-15-35(41)44-24-32(38-36(30)42)26-45-25-29-12-6-2-7-13-29/h1-8,10-13,16-19,30-32,39H,9,14-15,20-26H2,(H,37,40)(H,38,42)/t30-,31+,32-/m1/s1. The monoisotopic (exact) mass is 630 g/mol. The lowest BCUT2D eigenvalue weighted by Crippen LogP contribution is -2.45. The van der Waals surface area contributed by atoms with Gasteiger partial charge in [0, 0.05) is 24.3 Å². The van der Waals surface area contributed by atoms with E-state index in [1.54, 1.807) is 11.8 Å². The molecule has 0 unspecified atom stereocenters. The Labute approximate surface area is 269 Å². The SMILES string of the molecule is O=C(C[C@H]1CC=CCCC(=O)OC[C@H](CSCc2ccccc2)NC1=O)N[C@H](CO)Cc1ccc(OCc2ccccc2)cc1. The van der Waals surface area contributed by atoms with E-state index in [2.05, 4.69) is 10.6 Å². The van der Waals surface area contributed by atoms with E-state index >= 15 is 0 Å². The Morgan fingerprint density at radius 2 is 1.67 bits per heavy atom. The van der Waals surface area contributed by atoms with Gasteiger partial charge in [0.05, 0.1) is 24.6 Å². The molecule has 0 saturated heterocycles. The van der Waals surface area contributed by atoms with Crippen LogP contribution in [0.25, 0.3) is 0 Å². The molecule has 3 aromatic rings. The Morgan fingerprint density at radius 3 is 2.38 bits per heavy atom. The predicted octanol–water partition coefficient (Wildman–Crippen LogP) is 4.99. The van der Waals surface area contributed by atoms with Gasteiger partial charge in [0.25, 0.3) is 0 Å². The van der Waals surface area contributed by atoms with Gasteiger partial charge in [0.1, 0.15) is 19.0 Å². The third-order valence-electron chi connectivity index (χ3n) is 7.37. The minimum atomic E-state index is -0.599. The Kier molecular flexibility index (Phi) is 14.0. The zero-order chi connectivity index (χ0) is 31.7. The Bertz CT molecular complexity index is 1370. The predicted molar refractivity (Wildman–Crippen MR) is 177 cm³/mol.